The molecule has 6 nitrogen and oxygen atoms in total. The van der Waals surface area contributed by atoms with Gasteiger partial charge in [0.05, 0.1) is 43.8 Å². The van der Waals surface area contributed by atoms with Gasteiger partial charge in [-0.1, -0.05) is 30.3 Å². The van der Waals surface area contributed by atoms with Crippen molar-refractivity contribution in [1.29, 1.82) is 0 Å². The highest BCUT2D eigenvalue weighted by molar-refractivity contribution is 6.14. The van der Waals surface area contributed by atoms with E-state index in [4.69, 9.17) is 19.2 Å². The predicted octanol–water partition coefficient (Wildman–Crippen LogP) is 5.73. The third-order valence-corrected chi connectivity index (χ3v) is 5.61. The van der Waals surface area contributed by atoms with Crippen LogP contribution in [0.15, 0.2) is 66.7 Å². The van der Waals surface area contributed by atoms with Crippen LogP contribution in [0.25, 0.3) is 22.2 Å². The quantitative estimate of drug-likeness (QED) is 0.352. The Bertz CT molecular complexity index is 1330. The lowest BCUT2D eigenvalue weighted by molar-refractivity contribution is 0.0989. The zero-order valence-electron chi connectivity index (χ0n) is 19.5. The Kier molecular flexibility index (Phi) is 6.63. The van der Waals surface area contributed by atoms with Crippen LogP contribution in [-0.2, 0) is 0 Å². The lowest BCUT2D eigenvalue weighted by Gasteiger charge is -2.23. The van der Waals surface area contributed by atoms with E-state index in [1.807, 2.05) is 31.2 Å². The van der Waals surface area contributed by atoms with Crippen LogP contribution in [0.1, 0.15) is 17.3 Å². The van der Waals surface area contributed by atoms with E-state index in [1.54, 1.807) is 36.4 Å². The number of hydrogen-bond donors (Lipinski definition) is 0. The minimum absolute atomic E-state index is 0.227. The lowest BCUT2D eigenvalue weighted by Crippen LogP contribution is -2.31. The van der Waals surface area contributed by atoms with Crippen molar-refractivity contribution in [2.45, 2.75) is 6.92 Å². The number of benzene rings is 3. The van der Waals surface area contributed by atoms with Crippen LogP contribution >= 0.6 is 0 Å². The summed E-state index contributed by atoms with van der Waals surface area (Å²) in [5.41, 5.74) is 2.51. The number of rotatable bonds is 7. The molecule has 7 heteroatoms. The van der Waals surface area contributed by atoms with Crippen molar-refractivity contribution in [2.75, 3.05) is 32.8 Å². The summed E-state index contributed by atoms with van der Waals surface area (Å²) in [5.74, 6) is 0.630. The van der Waals surface area contributed by atoms with Crippen molar-refractivity contribution < 1.29 is 23.4 Å². The first-order valence-electron chi connectivity index (χ1n) is 10.8. The standard InChI is InChI=1S/C27H25FN2O4/c1-5-30(23-13-9-7-11-20(23)28)27(31)19-16-22(29-21-12-8-6-10-18(19)21)17-14-24(32-2)26(34-4)25(15-17)33-3/h6-16H,5H2,1-4H3. The fourth-order valence-corrected chi connectivity index (χ4v) is 3.97. The fourth-order valence-electron chi connectivity index (χ4n) is 3.97. The monoisotopic (exact) mass is 460 g/mol. The van der Waals surface area contributed by atoms with E-state index in [-0.39, 0.29) is 11.6 Å². The van der Waals surface area contributed by atoms with Gasteiger partial charge in [-0.2, -0.15) is 0 Å². The van der Waals surface area contributed by atoms with Crippen LogP contribution in [0.2, 0.25) is 0 Å². The molecule has 1 heterocycles. The molecular formula is C27H25FN2O4. The van der Waals surface area contributed by atoms with E-state index in [2.05, 4.69) is 0 Å². The topological polar surface area (TPSA) is 60.9 Å². The molecule has 34 heavy (non-hydrogen) atoms. The van der Waals surface area contributed by atoms with E-state index in [1.165, 1.54) is 32.3 Å². The molecule has 0 aliphatic rings. The van der Waals surface area contributed by atoms with E-state index in [0.29, 0.717) is 51.5 Å². The number of methoxy groups -OCH3 is 3. The molecule has 0 aliphatic carbocycles. The lowest BCUT2D eigenvalue weighted by atomic mass is 10.0. The summed E-state index contributed by atoms with van der Waals surface area (Å²) in [6, 6.07) is 18.9. The molecule has 4 rings (SSSR count). The van der Waals surface area contributed by atoms with Gasteiger partial charge in [-0.3, -0.25) is 4.79 Å². The largest absolute Gasteiger partial charge is 0.493 e. The number of carbonyl (C=O) groups excluding carboxylic acids is 1. The molecule has 1 amide bonds. The summed E-state index contributed by atoms with van der Waals surface area (Å²) in [6.07, 6.45) is 0. The van der Waals surface area contributed by atoms with Gasteiger partial charge in [0.2, 0.25) is 5.75 Å². The smallest absolute Gasteiger partial charge is 0.259 e. The molecule has 0 aliphatic heterocycles. The summed E-state index contributed by atoms with van der Waals surface area (Å²) in [6.45, 7) is 2.11. The Morgan fingerprint density at radius 3 is 2.18 bits per heavy atom. The number of amides is 1. The highest BCUT2D eigenvalue weighted by atomic mass is 19.1. The number of ether oxygens (including phenoxy) is 3. The molecular weight excluding hydrogens is 435 g/mol. The number of halogens is 1. The fraction of sp³-hybridized carbons (Fsp3) is 0.185. The second kappa shape index (κ2) is 9.79. The molecule has 0 N–H and O–H groups in total. The van der Waals surface area contributed by atoms with Gasteiger partial charge < -0.3 is 19.1 Å². The van der Waals surface area contributed by atoms with Crippen LogP contribution in [-0.4, -0.2) is 38.8 Å². The first-order chi connectivity index (χ1) is 16.5. The molecule has 1 aromatic heterocycles. The normalized spacial score (nSPS) is 10.7. The van der Waals surface area contributed by atoms with Gasteiger partial charge in [0.1, 0.15) is 5.82 Å². The van der Waals surface area contributed by atoms with Gasteiger partial charge in [-0.05, 0) is 43.3 Å². The first kappa shape index (κ1) is 23.0. The summed E-state index contributed by atoms with van der Waals surface area (Å²) in [5, 5.41) is 0.679. The molecule has 0 bridgehead atoms. The highest BCUT2D eigenvalue weighted by Crippen LogP contribution is 2.41. The molecule has 3 aromatic carbocycles. The van der Waals surface area contributed by atoms with Crippen LogP contribution in [0.4, 0.5) is 10.1 Å². The SMILES string of the molecule is CCN(C(=O)c1cc(-c2cc(OC)c(OC)c(OC)c2)nc2ccccc12)c1ccccc1F. The van der Waals surface area contributed by atoms with E-state index in [0.717, 1.165) is 0 Å². The second-order valence-corrected chi connectivity index (χ2v) is 7.49. The first-order valence-corrected chi connectivity index (χ1v) is 10.8. The van der Waals surface area contributed by atoms with Gasteiger partial charge in [-0.25, -0.2) is 9.37 Å². The summed E-state index contributed by atoms with van der Waals surface area (Å²) in [4.78, 5) is 19.9. The molecule has 0 saturated heterocycles. The van der Waals surface area contributed by atoms with Crippen molar-refractivity contribution in [2.24, 2.45) is 0 Å². The van der Waals surface area contributed by atoms with E-state index in [9.17, 15) is 9.18 Å². The molecule has 0 saturated carbocycles. The molecule has 174 valence electrons. The number of aromatic nitrogens is 1. The highest BCUT2D eigenvalue weighted by Gasteiger charge is 2.23. The number of nitrogens with zero attached hydrogens (tertiary/aromatic N) is 2. The third kappa shape index (κ3) is 4.12. The van der Waals surface area contributed by atoms with Gasteiger partial charge in [0.25, 0.3) is 5.91 Å². The Labute approximate surface area is 197 Å². The molecule has 4 aromatic rings. The zero-order chi connectivity index (χ0) is 24.2. The maximum absolute atomic E-state index is 14.6. The van der Waals surface area contributed by atoms with E-state index < -0.39 is 5.82 Å². The summed E-state index contributed by atoms with van der Waals surface area (Å²) < 4.78 is 30.9. The van der Waals surface area contributed by atoms with Crippen LogP contribution in [0, 0.1) is 5.82 Å². The van der Waals surface area contributed by atoms with Crippen molar-refractivity contribution in [3.63, 3.8) is 0 Å². The van der Waals surface area contributed by atoms with Gasteiger partial charge in [0.15, 0.2) is 11.5 Å². The van der Waals surface area contributed by atoms with Crippen molar-refractivity contribution in [3.05, 3.63) is 78.1 Å². The molecule has 0 fully saturated rings. The zero-order valence-corrected chi connectivity index (χ0v) is 19.5. The minimum atomic E-state index is -0.457. The van der Waals surface area contributed by atoms with Crippen molar-refractivity contribution >= 4 is 22.5 Å². The number of pyridine rings is 1. The maximum atomic E-state index is 14.6. The van der Waals surface area contributed by atoms with Gasteiger partial charge in [-0.15, -0.1) is 0 Å². The van der Waals surface area contributed by atoms with Crippen molar-refractivity contribution in [1.82, 2.24) is 4.98 Å². The number of hydrogen-bond acceptors (Lipinski definition) is 5. The second-order valence-electron chi connectivity index (χ2n) is 7.49. The molecule has 0 atom stereocenters. The number of fused-ring (bicyclic) bond motifs is 1. The molecule has 0 unspecified atom stereocenters. The molecule has 0 radical (unpaired) electrons. The van der Waals surface area contributed by atoms with Crippen LogP contribution < -0.4 is 19.1 Å². The third-order valence-electron chi connectivity index (χ3n) is 5.61. The molecule has 0 spiro atoms. The van der Waals surface area contributed by atoms with E-state index >= 15 is 0 Å². The van der Waals surface area contributed by atoms with Gasteiger partial charge in [0, 0.05) is 17.5 Å². The minimum Gasteiger partial charge on any atom is -0.493 e. The Morgan fingerprint density at radius 1 is 0.912 bits per heavy atom. The summed E-state index contributed by atoms with van der Waals surface area (Å²) in [7, 11) is 4.61. The summed E-state index contributed by atoms with van der Waals surface area (Å²) >= 11 is 0. The Hall–Kier alpha value is -4.13. The number of carbonyl (C=O) groups is 1. The van der Waals surface area contributed by atoms with Crippen molar-refractivity contribution in [3.8, 4) is 28.5 Å². The Balaban J connectivity index is 1.92. The predicted molar refractivity (Wildman–Crippen MR) is 131 cm³/mol. The maximum Gasteiger partial charge on any atom is 0.259 e. The average Bonchev–Trinajstić information content (AvgIpc) is 2.88. The average molecular weight is 461 g/mol. The Morgan fingerprint density at radius 2 is 1.56 bits per heavy atom. The van der Waals surface area contributed by atoms with Crippen LogP contribution in [0.5, 0.6) is 17.2 Å². The number of anilines is 1. The number of para-hydroxylation sites is 2. The van der Waals surface area contributed by atoms with Gasteiger partial charge >= 0.3 is 0 Å². The van der Waals surface area contributed by atoms with Crippen LogP contribution in [0.3, 0.4) is 0 Å².